The van der Waals surface area contributed by atoms with Gasteiger partial charge in [-0.3, -0.25) is 0 Å². The van der Waals surface area contributed by atoms with Crippen LogP contribution in [-0.2, 0) is 11.7 Å². The number of nitrogens with one attached hydrogen (secondary N) is 1. The molecule has 0 atom stereocenters. The average molecular weight is 166 g/mol. The summed E-state index contributed by atoms with van der Waals surface area (Å²) in [6, 6.07) is 3.54. The third kappa shape index (κ3) is 2.48. The number of nitrogens with zero attached hydrogens (tertiary/aromatic N) is 1. The Morgan fingerprint density at radius 3 is 2.83 bits per heavy atom. The Morgan fingerprint density at radius 2 is 2.33 bits per heavy atom. The zero-order chi connectivity index (χ0) is 8.81. The lowest BCUT2D eigenvalue weighted by Gasteiger charge is -2.02. The summed E-state index contributed by atoms with van der Waals surface area (Å²) in [7, 11) is 0. The van der Waals surface area contributed by atoms with Crippen molar-refractivity contribution in [2.24, 2.45) is 5.73 Å². The number of nitrogens with two attached hydrogens (primary N) is 1. The lowest BCUT2D eigenvalue weighted by Crippen LogP contribution is -2.13. The average Bonchev–Trinajstić information content (AvgIpc) is 2.15. The van der Waals surface area contributed by atoms with Crippen LogP contribution in [0, 0.1) is 0 Å². The van der Waals surface area contributed by atoms with Gasteiger partial charge in [-0.1, -0.05) is 6.07 Å². The van der Waals surface area contributed by atoms with Gasteiger partial charge in [0, 0.05) is 19.3 Å². The fourth-order valence-corrected chi connectivity index (χ4v) is 0.815. The van der Waals surface area contributed by atoms with E-state index in [4.69, 9.17) is 5.73 Å². The minimum atomic E-state index is -0.218. The Balaban J connectivity index is 2.53. The van der Waals surface area contributed by atoms with Gasteiger partial charge in [0.15, 0.2) is 0 Å². The first kappa shape index (κ1) is 8.96. The molecule has 12 heavy (non-hydrogen) atoms. The summed E-state index contributed by atoms with van der Waals surface area (Å²) < 4.78 is 0. The second-order valence-electron chi connectivity index (χ2n) is 2.41. The molecular formula is C8H12N3O. The van der Waals surface area contributed by atoms with Gasteiger partial charge >= 0.3 is 0 Å². The summed E-state index contributed by atoms with van der Waals surface area (Å²) in [5, 5.41) is 13.4. The van der Waals surface area contributed by atoms with Crippen molar-refractivity contribution in [2.75, 3.05) is 18.4 Å². The van der Waals surface area contributed by atoms with Crippen LogP contribution in [0.1, 0.15) is 5.56 Å². The maximum absolute atomic E-state index is 10.4. The lowest BCUT2D eigenvalue weighted by molar-refractivity contribution is 0.177. The Labute approximate surface area is 71.4 Å². The van der Waals surface area contributed by atoms with E-state index in [2.05, 4.69) is 10.3 Å². The van der Waals surface area contributed by atoms with E-state index in [1.54, 1.807) is 18.3 Å². The molecule has 1 heterocycles. The molecule has 0 fully saturated rings. The van der Waals surface area contributed by atoms with Gasteiger partial charge in [0.2, 0.25) is 0 Å². The van der Waals surface area contributed by atoms with E-state index in [0.29, 0.717) is 18.7 Å². The fourth-order valence-electron chi connectivity index (χ4n) is 0.815. The summed E-state index contributed by atoms with van der Waals surface area (Å²) in [4.78, 5) is 4.02. The summed E-state index contributed by atoms with van der Waals surface area (Å²) >= 11 is 0. The molecule has 1 aromatic heterocycles. The molecule has 4 heteroatoms. The van der Waals surface area contributed by atoms with Crippen molar-refractivity contribution in [3.05, 3.63) is 23.9 Å². The highest BCUT2D eigenvalue weighted by atomic mass is 16.3. The van der Waals surface area contributed by atoms with Crippen LogP contribution in [0.25, 0.3) is 0 Å². The van der Waals surface area contributed by atoms with E-state index in [1.165, 1.54) is 0 Å². The second kappa shape index (κ2) is 4.69. The first-order valence-corrected chi connectivity index (χ1v) is 3.84. The highest BCUT2D eigenvalue weighted by Gasteiger charge is 1.93. The van der Waals surface area contributed by atoms with Gasteiger partial charge in [0.1, 0.15) is 12.4 Å². The van der Waals surface area contributed by atoms with Crippen LogP contribution in [-0.4, -0.2) is 18.1 Å². The van der Waals surface area contributed by atoms with Crippen LogP contribution in [0.3, 0.4) is 0 Å². The second-order valence-corrected chi connectivity index (χ2v) is 2.41. The first-order valence-electron chi connectivity index (χ1n) is 3.84. The fraction of sp³-hybridized carbons (Fsp3) is 0.375. The minimum Gasteiger partial charge on any atom is -0.369 e. The van der Waals surface area contributed by atoms with Crippen LogP contribution in [0.2, 0.25) is 0 Å². The van der Waals surface area contributed by atoms with Gasteiger partial charge in [-0.2, -0.15) is 0 Å². The topological polar surface area (TPSA) is 70.8 Å². The van der Waals surface area contributed by atoms with E-state index < -0.39 is 0 Å². The predicted molar refractivity (Wildman–Crippen MR) is 46.2 cm³/mol. The van der Waals surface area contributed by atoms with E-state index in [0.717, 1.165) is 5.82 Å². The van der Waals surface area contributed by atoms with Crippen molar-refractivity contribution in [3.63, 3.8) is 0 Å². The van der Waals surface area contributed by atoms with Gasteiger partial charge in [-0.25, -0.2) is 10.1 Å². The van der Waals surface area contributed by atoms with Crippen LogP contribution < -0.4 is 11.1 Å². The zero-order valence-electron chi connectivity index (χ0n) is 6.79. The number of anilines is 1. The van der Waals surface area contributed by atoms with Crippen molar-refractivity contribution in [1.29, 1.82) is 0 Å². The largest absolute Gasteiger partial charge is 0.369 e. The van der Waals surface area contributed by atoms with Crippen molar-refractivity contribution >= 4 is 5.82 Å². The number of rotatable bonds is 4. The van der Waals surface area contributed by atoms with Crippen molar-refractivity contribution in [3.8, 4) is 0 Å². The van der Waals surface area contributed by atoms with E-state index >= 15 is 0 Å². The maximum Gasteiger partial charge on any atom is 0.125 e. The molecule has 0 spiro atoms. The van der Waals surface area contributed by atoms with Crippen LogP contribution in [0.5, 0.6) is 0 Å². The molecule has 0 saturated heterocycles. The Kier molecular flexibility index (Phi) is 3.50. The monoisotopic (exact) mass is 166 g/mol. The molecule has 1 rings (SSSR count). The molecule has 0 aliphatic carbocycles. The molecule has 65 valence electrons. The van der Waals surface area contributed by atoms with Crippen LogP contribution in [0.4, 0.5) is 5.82 Å². The van der Waals surface area contributed by atoms with Crippen molar-refractivity contribution in [1.82, 2.24) is 4.98 Å². The molecular weight excluding hydrogens is 154 g/mol. The summed E-state index contributed by atoms with van der Waals surface area (Å²) in [5.41, 5.74) is 5.99. The number of pyridine rings is 1. The molecule has 0 bridgehead atoms. The molecule has 1 radical (unpaired) electrons. The molecule has 0 amide bonds. The highest BCUT2D eigenvalue weighted by Crippen LogP contribution is 2.03. The third-order valence-corrected chi connectivity index (χ3v) is 1.44. The normalized spacial score (nSPS) is 9.83. The Morgan fingerprint density at radius 1 is 1.50 bits per heavy atom. The molecule has 3 N–H and O–H groups in total. The van der Waals surface area contributed by atoms with Crippen LogP contribution in [0.15, 0.2) is 18.3 Å². The SMILES string of the molecule is NCCNc1ccc(C[O])cn1. The van der Waals surface area contributed by atoms with E-state index in [1.807, 2.05) is 0 Å². The number of aromatic nitrogens is 1. The zero-order valence-corrected chi connectivity index (χ0v) is 6.79. The molecule has 0 aliphatic rings. The van der Waals surface area contributed by atoms with Gasteiger partial charge < -0.3 is 11.1 Å². The Hall–Kier alpha value is -1.13. The maximum atomic E-state index is 10.4. The van der Waals surface area contributed by atoms with Gasteiger partial charge in [0.25, 0.3) is 0 Å². The summed E-state index contributed by atoms with van der Waals surface area (Å²) in [6.45, 7) is 1.05. The number of hydrogen-bond donors (Lipinski definition) is 2. The molecule has 0 aromatic carbocycles. The smallest absolute Gasteiger partial charge is 0.125 e. The molecule has 4 nitrogen and oxygen atoms in total. The molecule has 0 saturated carbocycles. The lowest BCUT2D eigenvalue weighted by atomic mass is 10.3. The predicted octanol–water partition coefficient (Wildman–Crippen LogP) is 0.383. The van der Waals surface area contributed by atoms with Crippen molar-refractivity contribution in [2.45, 2.75) is 6.61 Å². The summed E-state index contributed by atoms with van der Waals surface area (Å²) in [6.07, 6.45) is 1.58. The van der Waals surface area contributed by atoms with Gasteiger partial charge in [-0.05, 0) is 11.6 Å². The standard InChI is InChI=1S/C8H12N3O/c9-3-4-10-8-2-1-7(6-12)5-11-8/h1-2,5H,3-4,6,9H2,(H,10,11). The first-order chi connectivity index (χ1) is 5.86. The Bertz CT molecular complexity index is 222. The van der Waals surface area contributed by atoms with Gasteiger partial charge in [0.05, 0.1) is 0 Å². The quantitative estimate of drug-likeness (QED) is 0.679. The molecule has 0 unspecified atom stereocenters. The summed E-state index contributed by atoms with van der Waals surface area (Å²) in [5.74, 6) is 0.762. The van der Waals surface area contributed by atoms with Crippen LogP contribution >= 0.6 is 0 Å². The molecule has 1 aromatic rings. The van der Waals surface area contributed by atoms with E-state index in [-0.39, 0.29) is 6.61 Å². The minimum absolute atomic E-state index is 0.218. The molecule has 0 aliphatic heterocycles. The van der Waals surface area contributed by atoms with Gasteiger partial charge in [-0.15, -0.1) is 0 Å². The number of hydrogen-bond acceptors (Lipinski definition) is 3. The highest BCUT2D eigenvalue weighted by molar-refractivity contribution is 5.35. The van der Waals surface area contributed by atoms with Crippen molar-refractivity contribution < 1.29 is 5.11 Å². The van der Waals surface area contributed by atoms with E-state index in [9.17, 15) is 5.11 Å². The third-order valence-electron chi connectivity index (χ3n) is 1.44.